The average Bonchev–Trinajstić information content (AvgIpc) is 2.71. The van der Waals surface area contributed by atoms with E-state index in [-0.39, 0.29) is 16.7 Å². The first-order valence-electron chi connectivity index (χ1n) is 8.45. The van der Waals surface area contributed by atoms with Gasteiger partial charge >= 0.3 is 5.69 Å². The van der Waals surface area contributed by atoms with Crippen LogP contribution in [0.15, 0.2) is 27.8 Å². The second kappa shape index (κ2) is 7.85. The van der Waals surface area contributed by atoms with Crippen molar-refractivity contribution in [2.24, 2.45) is 0 Å². The number of amides is 1. The van der Waals surface area contributed by atoms with Gasteiger partial charge in [-0.3, -0.25) is 14.2 Å². The largest absolute Gasteiger partial charge is 0.485 e. The van der Waals surface area contributed by atoms with Crippen LogP contribution in [0.1, 0.15) is 18.9 Å². The summed E-state index contributed by atoms with van der Waals surface area (Å²) in [6, 6.07) is 3.55. The topological polar surface area (TPSA) is 73.5 Å². The molecule has 0 N–H and O–H groups in total. The van der Waals surface area contributed by atoms with Gasteiger partial charge in [-0.15, -0.1) is 0 Å². The smallest absolute Gasteiger partial charge is 0.360 e. The van der Waals surface area contributed by atoms with Crippen molar-refractivity contribution in [2.75, 3.05) is 26.4 Å². The Labute approximate surface area is 151 Å². The Balaban J connectivity index is 2.07. The van der Waals surface area contributed by atoms with E-state index in [1.807, 2.05) is 0 Å². The van der Waals surface area contributed by atoms with Gasteiger partial charge in [0.15, 0.2) is 6.10 Å². The Kier molecular flexibility index (Phi) is 5.52. The molecule has 0 spiro atoms. The van der Waals surface area contributed by atoms with E-state index in [0.29, 0.717) is 32.3 Å². The van der Waals surface area contributed by atoms with Gasteiger partial charge in [0.1, 0.15) is 19.1 Å². The highest BCUT2D eigenvalue weighted by molar-refractivity contribution is 5.79. The van der Waals surface area contributed by atoms with Crippen LogP contribution in [0.4, 0.5) is 13.3 Å². The Bertz CT molecular complexity index is 947. The molecule has 1 aromatic carbocycles. The normalized spacial score (nSPS) is 15.5. The van der Waals surface area contributed by atoms with Crippen molar-refractivity contribution in [3.05, 3.63) is 39.0 Å². The van der Waals surface area contributed by atoms with E-state index in [2.05, 4.69) is 0 Å². The number of ether oxygens (including phenoxy) is 1. The van der Waals surface area contributed by atoms with Gasteiger partial charge in [0.2, 0.25) is 6.41 Å². The van der Waals surface area contributed by atoms with E-state index >= 15 is 0 Å². The second-order valence-corrected chi connectivity index (χ2v) is 6.34. The number of benzene rings is 1. The molecule has 3 rings (SSSR count). The molecule has 0 saturated carbocycles. The summed E-state index contributed by atoms with van der Waals surface area (Å²) >= 11 is 0. The molecule has 0 unspecified atom stereocenters. The average molecular weight is 385 g/mol. The number of piperidine rings is 1. The third kappa shape index (κ3) is 3.56. The van der Waals surface area contributed by atoms with Crippen molar-refractivity contribution >= 4 is 17.3 Å². The summed E-state index contributed by atoms with van der Waals surface area (Å²) in [5.74, 6) is 0.000808. The molecule has 27 heavy (non-hydrogen) atoms. The van der Waals surface area contributed by atoms with Crippen LogP contribution in [-0.4, -0.2) is 53.2 Å². The number of carbonyl (C=O) groups is 1. The van der Waals surface area contributed by atoms with E-state index in [0.717, 1.165) is 0 Å². The fourth-order valence-electron chi connectivity index (χ4n) is 3.26. The monoisotopic (exact) mass is 385 g/mol. The first-order chi connectivity index (χ1) is 13.0. The number of hydrogen-bond donors (Lipinski definition) is 0. The lowest BCUT2D eigenvalue weighted by atomic mass is 10.0. The molecule has 1 saturated heterocycles. The zero-order chi connectivity index (χ0) is 19.6. The first-order valence-corrected chi connectivity index (χ1v) is 8.45. The number of rotatable bonds is 6. The molecule has 1 aliphatic heterocycles. The minimum absolute atomic E-state index is 0.000808. The Morgan fingerprint density at radius 3 is 2.44 bits per heavy atom. The zero-order valence-corrected chi connectivity index (χ0v) is 14.3. The number of likely N-dealkylation sites (tertiary alicyclic amines) is 1. The van der Waals surface area contributed by atoms with Crippen LogP contribution in [0.5, 0.6) is 5.75 Å². The van der Waals surface area contributed by atoms with Crippen molar-refractivity contribution in [3.8, 4) is 5.75 Å². The maximum Gasteiger partial charge on any atom is 0.360 e. The van der Waals surface area contributed by atoms with Gasteiger partial charge < -0.3 is 9.64 Å². The van der Waals surface area contributed by atoms with Crippen molar-refractivity contribution in [1.29, 1.82) is 0 Å². The molecular weight excluding hydrogens is 367 g/mol. The van der Waals surface area contributed by atoms with E-state index in [1.54, 1.807) is 4.90 Å². The lowest BCUT2D eigenvalue weighted by Crippen LogP contribution is -2.42. The minimum atomic E-state index is -1.33. The summed E-state index contributed by atoms with van der Waals surface area (Å²) in [6.45, 7) is -1.31. The number of nitrogens with zero attached hydrogens (tertiary/aromatic N) is 3. The highest BCUT2D eigenvalue weighted by atomic mass is 19.2. The van der Waals surface area contributed by atoms with Crippen LogP contribution in [0.3, 0.4) is 0 Å². The molecule has 7 nitrogen and oxygen atoms in total. The van der Waals surface area contributed by atoms with E-state index in [4.69, 9.17) is 4.74 Å². The summed E-state index contributed by atoms with van der Waals surface area (Å²) in [5, 5.41) is -0.135. The molecule has 1 aliphatic rings. The van der Waals surface area contributed by atoms with Gasteiger partial charge in [-0.2, -0.15) is 0 Å². The summed E-state index contributed by atoms with van der Waals surface area (Å²) in [4.78, 5) is 36.4. The predicted molar refractivity (Wildman–Crippen MR) is 91.2 cm³/mol. The molecule has 2 heterocycles. The number of hydrogen-bond acceptors (Lipinski definition) is 4. The van der Waals surface area contributed by atoms with Crippen LogP contribution in [0, 0.1) is 0 Å². The van der Waals surface area contributed by atoms with E-state index in [1.165, 1.54) is 22.8 Å². The van der Waals surface area contributed by atoms with Crippen LogP contribution in [0.2, 0.25) is 0 Å². The van der Waals surface area contributed by atoms with Crippen molar-refractivity contribution in [3.63, 3.8) is 0 Å². The quantitative estimate of drug-likeness (QED) is 0.705. The molecule has 0 atom stereocenters. The fraction of sp³-hybridized carbons (Fsp3) is 0.471. The predicted octanol–water partition coefficient (Wildman–Crippen LogP) is 1.38. The van der Waals surface area contributed by atoms with Gasteiger partial charge in [0.25, 0.3) is 5.56 Å². The molecule has 146 valence electrons. The standard InChI is InChI=1S/C17H18F3N3O4/c18-8-13(9-19)27-12-1-2-15-14(7-12)16(25)23(20)17(26)22(15)11-3-5-21(10-24)6-4-11/h1-2,7,10-11,13H,3-6,8-9H2. The molecular formula is C17H18F3N3O4. The van der Waals surface area contributed by atoms with Gasteiger partial charge in [0, 0.05) is 19.1 Å². The van der Waals surface area contributed by atoms with Crippen molar-refractivity contribution < 1.29 is 22.8 Å². The lowest BCUT2D eigenvalue weighted by Gasteiger charge is -2.31. The molecule has 10 heteroatoms. The van der Waals surface area contributed by atoms with Gasteiger partial charge in [-0.05, 0) is 31.0 Å². The Hall–Kier alpha value is -2.78. The van der Waals surface area contributed by atoms with Crippen LogP contribution in [0.25, 0.3) is 10.9 Å². The van der Waals surface area contributed by atoms with Gasteiger partial charge in [-0.25, -0.2) is 13.6 Å². The summed E-state index contributed by atoms with van der Waals surface area (Å²) in [7, 11) is 0. The third-order valence-corrected chi connectivity index (χ3v) is 4.67. The second-order valence-electron chi connectivity index (χ2n) is 6.34. The van der Waals surface area contributed by atoms with Crippen molar-refractivity contribution in [2.45, 2.75) is 25.0 Å². The highest BCUT2D eigenvalue weighted by Crippen LogP contribution is 2.26. The van der Waals surface area contributed by atoms with E-state index in [9.17, 15) is 27.6 Å². The molecule has 0 radical (unpaired) electrons. The highest BCUT2D eigenvalue weighted by Gasteiger charge is 2.25. The SMILES string of the molecule is O=CN1CCC(n2c(=O)n(F)c(=O)c3cc(OC(CF)CF)ccc32)CC1. The minimum Gasteiger partial charge on any atom is -0.485 e. The number of fused-ring (bicyclic) bond motifs is 1. The van der Waals surface area contributed by atoms with E-state index < -0.39 is 41.5 Å². The number of halogens is 3. The molecule has 0 aliphatic carbocycles. The van der Waals surface area contributed by atoms with Gasteiger partial charge in [-0.1, -0.05) is 9.27 Å². The number of aromatic nitrogens is 2. The Morgan fingerprint density at radius 1 is 1.19 bits per heavy atom. The maximum atomic E-state index is 14.2. The van der Waals surface area contributed by atoms with Crippen LogP contribution >= 0.6 is 0 Å². The molecule has 1 fully saturated rings. The zero-order valence-electron chi connectivity index (χ0n) is 14.3. The number of alkyl halides is 2. The van der Waals surface area contributed by atoms with Crippen molar-refractivity contribution in [1.82, 2.24) is 14.3 Å². The van der Waals surface area contributed by atoms with Gasteiger partial charge in [0.05, 0.1) is 10.9 Å². The molecule has 2 aromatic rings. The first kappa shape index (κ1) is 19.0. The molecule has 1 amide bonds. The van der Waals surface area contributed by atoms with Crippen LogP contribution < -0.4 is 16.0 Å². The Morgan fingerprint density at radius 2 is 1.85 bits per heavy atom. The molecule has 0 bridgehead atoms. The summed E-state index contributed by atoms with van der Waals surface area (Å²) in [5.41, 5.74) is -2.07. The fourth-order valence-corrected chi connectivity index (χ4v) is 3.26. The maximum absolute atomic E-state index is 14.2. The summed E-state index contributed by atoms with van der Waals surface area (Å²) < 4.78 is 45.8. The van der Waals surface area contributed by atoms with Crippen LogP contribution in [-0.2, 0) is 4.79 Å². The lowest BCUT2D eigenvalue weighted by molar-refractivity contribution is -0.119. The third-order valence-electron chi connectivity index (χ3n) is 4.67. The summed E-state index contributed by atoms with van der Waals surface area (Å²) in [6.07, 6.45) is 0.239. The number of carbonyl (C=O) groups excluding carboxylic acids is 1. The molecule has 1 aromatic heterocycles.